The molecule has 1 atom stereocenters. The van der Waals surface area contributed by atoms with Gasteiger partial charge in [-0.25, -0.2) is 8.42 Å². The summed E-state index contributed by atoms with van der Waals surface area (Å²) in [5.74, 6) is -0.974. The molecule has 0 aromatic heterocycles. The molecule has 0 N–H and O–H groups in total. The van der Waals surface area contributed by atoms with Gasteiger partial charge in [-0.2, -0.15) is 9.57 Å². The molecule has 2 amide bonds. The van der Waals surface area contributed by atoms with Gasteiger partial charge in [0, 0.05) is 14.1 Å². The smallest absolute Gasteiger partial charge is 0.261 e. The number of imide groups is 1. The molecule has 1 aromatic rings. The number of hydrogen-bond acceptors (Lipinski definition) is 5. The molecule has 1 aliphatic heterocycles. The zero-order chi connectivity index (χ0) is 17.9. The highest BCUT2D eigenvalue weighted by Gasteiger charge is 2.49. The van der Waals surface area contributed by atoms with Crippen molar-refractivity contribution in [1.29, 1.82) is 5.26 Å². The summed E-state index contributed by atoms with van der Waals surface area (Å²) in [5.41, 5.74) is -0.870. The monoisotopic (exact) mass is 347 g/mol. The summed E-state index contributed by atoms with van der Waals surface area (Å²) >= 11 is 0. The van der Waals surface area contributed by atoms with Gasteiger partial charge in [-0.15, -0.1) is 0 Å². The number of carbonyl (C=O) groups is 2. The molecule has 0 saturated heterocycles. The molecule has 24 heavy (non-hydrogen) atoms. The molecule has 8 heteroatoms. The molecule has 1 aromatic carbocycles. The van der Waals surface area contributed by atoms with E-state index in [1.807, 2.05) is 0 Å². The van der Waals surface area contributed by atoms with Crippen molar-refractivity contribution in [2.24, 2.45) is 5.92 Å². The molecule has 126 valence electrons. The van der Waals surface area contributed by atoms with E-state index in [0.29, 0.717) is 0 Å². The van der Waals surface area contributed by atoms with E-state index in [1.54, 1.807) is 6.92 Å². The molecular weight excluding hydrogens is 330 g/mol. The summed E-state index contributed by atoms with van der Waals surface area (Å²) in [6.45, 7) is 1.61. The molecule has 0 radical (unpaired) electrons. The third kappa shape index (κ3) is 2.16. The first kappa shape index (κ1) is 16.6. The van der Waals surface area contributed by atoms with Gasteiger partial charge in [-0.1, -0.05) is 0 Å². The van der Waals surface area contributed by atoms with E-state index < -0.39 is 27.4 Å². The normalized spacial score (nSPS) is 20.0. The van der Waals surface area contributed by atoms with Crippen LogP contribution in [0.3, 0.4) is 0 Å². The molecular formula is C16H17N3O4S. The van der Waals surface area contributed by atoms with Crippen LogP contribution in [0.15, 0.2) is 23.1 Å². The lowest BCUT2D eigenvalue weighted by molar-refractivity contribution is 0.0693. The average Bonchev–Trinajstić information content (AvgIpc) is 3.40. The number of carbonyl (C=O) groups excluding carboxylic acids is 2. The molecule has 1 saturated carbocycles. The summed E-state index contributed by atoms with van der Waals surface area (Å²) in [6.07, 6.45) is 1.62. The van der Waals surface area contributed by atoms with E-state index in [2.05, 4.69) is 6.07 Å². The van der Waals surface area contributed by atoms with Gasteiger partial charge in [-0.3, -0.25) is 14.5 Å². The molecule has 2 aliphatic rings. The lowest BCUT2D eigenvalue weighted by Crippen LogP contribution is -2.47. The van der Waals surface area contributed by atoms with Crippen molar-refractivity contribution < 1.29 is 18.0 Å². The lowest BCUT2D eigenvalue weighted by atomic mass is 9.99. The van der Waals surface area contributed by atoms with Crippen LogP contribution in [0, 0.1) is 17.2 Å². The second kappa shape index (κ2) is 5.13. The van der Waals surface area contributed by atoms with Crippen LogP contribution in [-0.2, 0) is 10.0 Å². The minimum atomic E-state index is -3.96. The molecule has 1 fully saturated rings. The van der Waals surface area contributed by atoms with E-state index in [9.17, 15) is 23.3 Å². The quantitative estimate of drug-likeness (QED) is 0.763. The topological polar surface area (TPSA) is 98.6 Å². The lowest BCUT2D eigenvalue weighted by Gasteiger charge is -2.32. The molecule has 7 nitrogen and oxygen atoms in total. The van der Waals surface area contributed by atoms with E-state index in [1.165, 1.54) is 32.3 Å². The van der Waals surface area contributed by atoms with E-state index in [4.69, 9.17) is 0 Å². The molecule has 1 heterocycles. The SMILES string of the molecule is CN1C(=O)c2ccc(S(=O)(=O)N(C)[C@](C)(C#N)C3CC3)cc2C1=O. The predicted molar refractivity (Wildman–Crippen MR) is 84.6 cm³/mol. The zero-order valence-electron chi connectivity index (χ0n) is 13.6. The van der Waals surface area contributed by atoms with Crippen molar-refractivity contribution in [2.75, 3.05) is 14.1 Å². The van der Waals surface area contributed by atoms with Gasteiger partial charge in [0.05, 0.1) is 22.1 Å². The van der Waals surface area contributed by atoms with E-state index in [-0.39, 0.29) is 21.9 Å². The Labute approximate surface area is 140 Å². The second-order valence-corrected chi connectivity index (χ2v) is 8.35. The highest BCUT2D eigenvalue weighted by molar-refractivity contribution is 7.89. The maximum absolute atomic E-state index is 12.9. The Bertz CT molecular complexity index is 898. The van der Waals surface area contributed by atoms with Crippen molar-refractivity contribution in [1.82, 2.24) is 9.21 Å². The van der Waals surface area contributed by atoms with Gasteiger partial charge >= 0.3 is 0 Å². The summed E-state index contributed by atoms with van der Waals surface area (Å²) < 4.78 is 26.9. The number of fused-ring (bicyclic) bond motifs is 1. The zero-order valence-corrected chi connectivity index (χ0v) is 14.4. The van der Waals surface area contributed by atoms with E-state index in [0.717, 1.165) is 22.0 Å². The predicted octanol–water partition coefficient (Wildman–Crippen LogP) is 1.23. The standard InChI is InChI=1S/C16H17N3O4S/c1-16(9-17,10-4-5-10)19(3)24(22,23)11-6-7-12-13(8-11)15(21)18(2)14(12)20/h6-8,10H,4-5H2,1-3H3/t16-/m1/s1. The maximum atomic E-state index is 12.9. The Morgan fingerprint density at radius 1 is 1.25 bits per heavy atom. The van der Waals surface area contributed by atoms with Crippen LogP contribution >= 0.6 is 0 Å². The Morgan fingerprint density at radius 2 is 1.83 bits per heavy atom. The highest BCUT2D eigenvalue weighted by atomic mass is 32.2. The fraction of sp³-hybridized carbons (Fsp3) is 0.438. The number of benzene rings is 1. The van der Waals surface area contributed by atoms with Gasteiger partial charge in [0.15, 0.2) is 0 Å². The Balaban J connectivity index is 2.05. The van der Waals surface area contributed by atoms with Crippen molar-refractivity contribution in [3.63, 3.8) is 0 Å². The number of nitrogens with zero attached hydrogens (tertiary/aromatic N) is 3. The van der Waals surface area contributed by atoms with Crippen molar-refractivity contribution in [3.8, 4) is 6.07 Å². The third-order valence-electron chi connectivity index (χ3n) is 4.97. The first-order valence-electron chi connectivity index (χ1n) is 7.51. The average molecular weight is 347 g/mol. The van der Waals surface area contributed by atoms with Gasteiger partial charge in [0.1, 0.15) is 5.54 Å². The fourth-order valence-electron chi connectivity index (χ4n) is 2.97. The maximum Gasteiger partial charge on any atom is 0.261 e. The van der Waals surface area contributed by atoms with Crippen molar-refractivity contribution in [2.45, 2.75) is 30.2 Å². The highest BCUT2D eigenvalue weighted by Crippen LogP contribution is 2.44. The van der Waals surface area contributed by atoms with Crippen LogP contribution in [0.1, 0.15) is 40.5 Å². The van der Waals surface area contributed by atoms with Gasteiger partial charge < -0.3 is 0 Å². The molecule has 0 spiro atoms. The number of amides is 2. The Hall–Kier alpha value is -2.24. The van der Waals surface area contributed by atoms with Crippen LogP contribution in [0.5, 0.6) is 0 Å². The number of nitriles is 1. The molecule has 1 aliphatic carbocycles. The molecule has 0 bridgehead atoms. The minimum absolute atomic E-state index is 0.00560. The van der Waals surface area contributed by atoms with Crippen molar-refractivity contribution >= 4 is 21.8 Å². The first-order valence-corrected chi connectivity index (χ1v) is 8.95. The van der Waals surface area contributed by atoms with Gasteiger partial charge in [-0.05, 0) is 43.9 Å². The first-order chi connectivity index (χ1) is 11.1. The van der Waals surface area contributed by atoms with Gasteiger partial charge in [0.25, 0.3) is 11.8 Å². The van der Waals surface area contributed by atoms with Crippen LogP contribution in [0.2, 0.25) is 0 Å². The van der Waals surface area contributed by atoms with Crippen LogP contribution in [0.25, 0.3) is 0 Å². The molecule has 3 rings (SSSR count). The number of hydrogen-bond donors (Lipinski definition) is 0. The van der Waals surface area contributed by atoms with Crippen molar-refractivity contribution in [3.05, 3.63) is 29.3 Å². The van der Waals surface area contributed by atoms with Gasteiger partial charge in [0.2, 0.25) is 10.0 Å². The summed E-state index contributed by atoms with van der Waals surface area (Å²) in [5, 5.41) is 9.48. The van der Waals surface area contributed by atoms with E-state index >= 15 is 0 Å². The third-order valence-corrected chi connectivity index (χ3v) is 6.92. The summed E-state index contributed by atoms with van der Waals surface area (Å²) in [7, 11) is -1.23. The summed E-state index contributed by atoms with van der Waals surface area (Å²) in [4.78, 5) is 24.8. The minimum Gasteiger partial charge on any atom is -0.277 e. The van der Waals surface area contributed by atoms with Crippen LogP contribution in [-0.4, -0.2) is 49.1 Å². The Kier molecular flexibility index (Phi) is 3.55. The largest absolute Gasteiger partial charge is 0.277 e. The number of sulfonamides is 1. The second-order valence-electron chi connectivity index (χ2n) is 6.38. The molecule has 0 unspecified atom stereocenters. The Morgan fingerprint density at radius 3 is 2.38 bits per heavy atom. The van der Waals surface area contributed by atoms with Crippen LogP contribution in [0.4, 0.5) is 0 Å². The number of rotatable bonds is 4. The summed E-state index contributed by atoms with van der Waals surface area (Å²) in [6, 6.07) is 5.98. The van der Waals surface area contributed by atoms with Crippen LogP contribution < -0.4 is 0 Å². The fourth-order valence-corrected chi connectivity index (χ4v) is 4.49.